The van der Waals surface area contributed by atoms with Crippen LogP contribution in [0.25, 0.3) is 11.3 Å². The van der Waals surface area contributed by atoms with Crippen molar-refractivity contribution in [1.29, 1.82) is 5.26 Å². The molecule has 23 heavy (non-hydrogen) atoms. The fourth-order valence-electron chi connectivity index (χ4n) is 4.11. The molecule has 3 heterocycles. The van der Waals surface area contributed by atoms with Crippen LogP contribution in [0.5, 0.6) is 0 Å². The lowest BCUT2D eigenvalue weighted by atomic mass is 9.86. The van der Waals surface area contributed by atoms with Gasteiger partial charge in [-0.2, -0.15) is 5.26 Å². The smallest absolute Gasteiger partial charge is 0.147 e. The van der Waals surface area contributed by atoms with E-state index < -0.39 is 0 Å². The molecule has 1 spiro atoms. The van der Waals surface area contributed by atoms with E-state index in [0.29, 0.717) is 11.0 Å². The van der Waals surface area contributed by atoms with Gasteiger partial charge in [0.05, 0.1) is 11.3 Å². The van der Waals surface area contributed by atoms with Gasteiger partial charge in [0, 0.05) is 31.0 Å². The molecule has 2 aliphatic rings. The van der Waals surface area contributed by atoms with E-state index in [4.69, 9.17) is 4.98 Å². The second kappa shape index (κ2) is 5.66. The van der Waals surface area contributed by atoms with Gasteiger partial charge < -0.3 is 4.90 Å². The summed E-state index contributed by atoms with van der Waals surface area (Å²) in [6.07, 6.45) is 10.1. The molecule has 1 saturated carbocycles. The van der Waals surface area contributed by atoms with E-state index in [1.165, 1.54) is 32.1 Å². The molecule has 2 aromatic heterocycles. The molecule has 1 aliphatic carbocycles. The van der Waals surface area contributed by atoms with Gasteiger partial charge in [-0.25, -0.2) is 4.98 Å². The second-order valence-corrected chi connectivity index (χ2v) is 6.79. The summed E-state index contributed by atoms with van der Waals surface area (Å²) in [4.78, 5) is 11.2. The molecular formula is C19H20N4. The summed E-state index contributed by atoms with van der Waals surface area (Å²) in [7, 11) is 0. The van der Waals surface area contributed by atoms with E-state index in [0.717, 1.165) is 30.2 Å². The molecule has 0 aromatic carbocycles. The zero-order valence-electron chi connectivity index (χ0n) is 13.2. The number of hydrogen-bond acceptors (Lipinski definition) is 4. The van der Waals surface area contributed by atoms with Crippen LogP contribution in [0.2, 0.25) is 0 Å². The van der Waals surface area contributed by atoms with Crippen molar-refractivity contribution in [2.24, 2.45) is 5.41 Å². The molecule has 1 aliphatic heterocycles. The number of nitriles is 1. The van der Waals surface area contributed by atoms with Gasteiger partial charge in [0.25, 0.3) is 0 Å². The Hall–Kier alpha value is -2.41. The highest BCUT2D eigenvalue weighted by Crippen LogP contribution is 2.46. The summed E-state index contributed by atoms with van der Waals surface area (Å²) in [6, 6.07) is 10.1. The number of aromatic nitrogens is 2. The zero-order chi connectivity index (χ0) is 15.7. The molecule has 1 saturated heterocycles. The third kappa shape index (κ3) is 2.57. The van der Waals surface area contributed by atoms with Crippen molar-refractivity contribution < 1.29 is 0 Å². The lowest BCUT2D eigenvalue weighted by molar-refractivity contribution is 0.340. The Bertz CT molecular complexity index is 742. The van der Waals surface area contributed by atoms with Gasteiger partial charge in [0.2, 0.25) is 0 Å². The van der Waals surface area contributed by atoms with Gasteiger partial charge in [-0.3, -0.25) is 4.98 Å². The van der Waals surface area contributed by atoms with Crippen molar-refractivity contribution in [2.45, 2.75) is 32.1 Å². The standard InChI is InChI=1S/C19H20N4/c20-13-16-3-4-17(15-5-10-21-11-6-15)22-18(16)23-12-9-19(14-23)7-1-2-8-19/h3-6,10-11H,1-2,7-9,12,14H2. The van der Waals surface area contributed by atoms with Crippen molar-refractivity contribution in [3.05, 3.63) is 42.2 Å². The van der Waals surface area contributed by atoms with Crippen LogP contribution >= 0.6 is 0 Å². The third-order valence-corrected chi connectivity index (χ3v) is 5.37. The maximum atomic E-state index is 9.47. The Kier molecular flexibility index (Phi) is 3.49. The SMILES string of the molecule is N#Cc1ccc(-c2ccncc2)nc1N1CCC2(CCCC2)C1. The summed E-state index contributed by atoms with van der Waals surface area (Å²) >= 11 is 0. The van der Waals surface area contributed by atoms with Gasteiger partial charge in [0.1, 0.15) is 11.9 Å². The fraction of sp³-hybridized carbons (Fsp3) is 0.421. The number of nitrogens with zero attached hydrogens (tertiary/aromatic N) is 4. The van der Waals surface area contributed by atoms with Gasteiger partial charge >= 0.3 is 0 Å². The molecule has 0 radical (unpaired) electrons. The maximum absolute atomic E-state index is 9.47. The molecule has 116 valence electrons. The summed E-state index contributed by atoms with van der Waals surface area (Å²) in [5.74, 6) is 0.852. The maximum Gasteiger partial charge on any atom is 0.147 e. The van der Waals surface area contributed by atoms with E-state index in [-0.39, 0.29) is 0 Å². The van der Waals surface area contributed by atoms with Gasteiger partial charge in [0.15, 0.2) is 0 Å². The minimum atomic E-state index is 0.473. The average Bonchev–Trinajstić information content (AvgIpc) is 3.25. The Morgan fingerprint density at radius 3 is 2.57 bits per heavy atom. The first-order chi connectivity index (χ1) is 11.3. The van der Waals surface area contributed by atoms with Crippen molar-refractivity contribution in [3.63, 3.8) is 0 Å². The third-order valence-electron chi connectivity index (χ3n) is 5.37. The largest absolute Gasteiger partial charge is 0.355 e. The molecular weight excluding hydrogens is 284 g/mol. The minimum Gasteiger partial charge on any atom is -0.355 e. The Morgan fingerprint density at radius 2 is 1.83 bits per heavy atom. The first kappa shape index (κ1) is 14.2. The molecule has 4 nitrogen and oxygen atoms in total. The highest BCUT2D eigenvalue weighted by atomic mass is 15.2. The second-order valence-electron chi connectivity index (χ2n) is 6.79. The van der Waals surface area contributed by atoms with Gasteiger partial charge in [-0.15, -0.1) is 0 Å². The van der Waals surface area contributed by atoms with Gasteiger partial charge in [-0.05, 0) is 48.9 Å². The van der Waals surface area contributed by atoms with E-state index >= 15 is 0 Å². The monoisotopic (exact) mass is 304 g/mol. The minimum absolute atomic E-state index is 0.473. The number of anilines is 1. The number of hydrogen-bond donors (Lipinski definition) is 0. The molecule has 0 unspecified atom stereocenters. The predicted octanol–water partition coefficient (Wildman–Crippen LogP) is 3.79. The van der Waals surface area contributed by atoms with Crippen LogP contribution in [0, 0.1) is 16.7 Å². The molecule has 4 rings (SSSR count). The van der Waals surface area contributed by atoms with Crippen LogP contribution in [0.15, 0.2) is 36.7 Å². The topological polar surface area (TPSA) is 52.8 Å². The normalized spacial score (nSPS) is 19.2. The summed E-state index contributed by atoms with van der Waals surface area (Å²) in [5.41, 5.74) is 3.10. The Labute approximate surface area is 136 Å². The summed E-state index contributed by atoms with van der Waals surface area (Å²) < 4.78 is 0. The fourth-order valence-corrected chi connectivity index (χ4v) is 4.11. The zero-order valence-corrected chi connectivity index (χ0v) is 13.2. The highest BCUT2D eigenvalue weighted by Gasteiger charge is 2.41. The van der Waals surface area contributed by atoms with Crippen LogP contribution in [0.1, 0.15) is 37.7 Å². The van der Waals surface area contributed by atoms with Crippen LogP contribution in [-0.4, -0.2) is 23.1 Å². The first-order valence-electron chi connectivity index (χ1n) is 8.36. The quantitative estimate of drug-likeness (QED) is 0.847. The van der Waals surface area contributed by atoms with Gasteiger partial charge in [-0.1, -0.05) is 12.8 Å². The van der Waals surface area contributed by atoms with Crippen molar-refractivity contribution >= 4 is 5.82 Å². The summed E-state index contributed by atoms with van der Waals surface area (Å²) in [5, 5.41) is 9.47. The van der Waals surface area contributed by atoms with E-state index in [2.05, 4.69) is 16.0 Å². The predicted molar refractivity (Wildman–Crippen MR) is 89.9 cm³/mol. The van der Waals surface area contributed by atoms with E-state index in [1.54, 1.807) is 12.4 Å². The molecule has 0 amide bonds. The Morgan fingerprint density at radius 1 is 1.04 bits per heavy atom. The molecule has 0 bridgehead atoms. The number of pyridine rings is 2. The average molecular weight is 304 g/mol. The first-order valence-corrected chi connectivity index (χ1v) is 8.36. The highest BCUT2D eigenvalue weighted by molar-refractivity contribution is 5.65. The molecule has 2 fully saturated rings. The van der Waals surface area contributed by atoms with E-state index in [9.17, 15) is 5.26 Å². The lowest BCUT2D eigenvalue weighted by Gasteiger charge is -2.24. The lowest BCUT2D eigenvalue weighted by Crippen LogP contribution is -2.26. The van der Waals surface area contributed by atoms with Crippen LogP contribution < -0.4 is 4.90 Å². The molecule has 0 atom stereocenters. The van der Waals surface area contributed by atoms with Crippen LogP contribution in [-0.2, 0) is 0 Å². The van der Waals surface area contributed by atoms with Crippen molar-refractivity contribution in [3.8, 4) is 17.3 Å². The molecule has 0 N–H and O–H groups in total. The van der Waals surface area contributed by atoms with E-state index in [1.807, 2.05) is 24.3 Å². The molecule has 2 aromatic rings. The van der Waals surface area contributed by atoms with Crippen molar-refractivity contribution in [1.82, 2.24) is 9.97 Å². The van der Waals surface area contributed by atoms with Crippen molar-refractivity contribution in [2.75, 3.05) is 18.0 Å². The number of rotatable bonds is 2. The van der Waals surface area contributed by atoms with Crippen LogP contribution in [0.4, 0.5) is 5.82 Å². The van der Waals surface area contributed by atoms with Crippen LogP contribution in [0.3, 0.4) is 0 Å². The summed E-state index contributed by atoms with van der Waals surface area (Å²) in [6.45, 7) is 2.07. The Balaban J connectivity index is 1.69. The molecule has 4 heteroatoms.